The summed E-state index contributed by atoms with van der Waals surface area (Å²) in [6.07, 6.45) is 3.21. The second-order valence-electron chi connectivity index (χ2n) is 5.83. The number of rotatable bonds is 3. The lowest BCUT2D eigenvalue weighted by atomic mass is 9.89. The third-order valence-electron chi connectivity index (χ3n) is 4.82. The lowest BCUT2D eigenvalue weighted by molar-refractivity contribution is -0.0276. The van der Waals surface area contributed by atoms with E-state index in [1.807, 2.05) is 18.2 Å². The summed E-state index contributed by atoms with van der Waals surface area (Å²) in [5.41, 5.74) is 0.618. The Morgan fingerprint density at radius 1 is 1.35 bits per heavy atom. The first-order valence-corrected chi connectivity index (χ1v) is 7.78. The molecule has 2 fully saturated rings. The summed E-state index contributed by atoms with van der Waals surface area (Å²) >= 11 is 6.14. The zero-order valence-electron chi connectivity index (χ0n) is 11.7. The Balaban J connectivity index is 1.72. The largest absolute Gasteiger partial charge is 0.458 e. The molecule has 3 rings (SSSR count). The van der Waals surface area contributed by atoms with Gasteiger partial charge in [0.2, 0.25) is 0 Å². The normalized spacial score (nSPS) is 33.1. The molecular weight excluding hydrogens is 274 g/mol. The van der Waals surface area contributed by atoms with Crippen molar-refractivity contribution in [3.8, 4) is 0 Å². The molecule has 0 spiro atoms. The van der Waals surface area contributed by atoms with E-state index in [1.54, 1.807) is 12.1 Å². The van der Waals surface area contributed by atoms with Crippen LogP contribution in [0.25, 0.3) is 0 Å². The standard InChI is InChI=1S/C16H20ClNO2/c1-18-12-7-8-14(18)13(10-17)15(9-12)20-16(19)11-5-3-2-4-6-11/h2-6,12-15H,7-10H2,1H3. The van der Waals surface area contributed by atoms with Gasteiger partial charge in [0.15, 0.2) is 0 Å². The van der Waals surface area contributed by atoms with Crippen LogP contribution in [0.1, 0.15) is 29.6 Å². The molecule has 0 N–H and O–H groups in total. The van der Waals surface area contributed by atoms with Gasteiger partial charge in [-0.05, 0) is 32.0 Å². The van der Waals surface area contributed by atoms with Crippen LogP contribution in [-0.2, 0) is 4.74 Å². The highest BCUT2D eigenvalue weighted by atomic mass is 35.5. The van der Waals surface area contributed by atoms with E-state index in [9.17, 15) is 4.79 Å². The summed E-state index contributed by atoms with van der Waals surface area (Å²) in [5, 5.41) is 0. The van der Waals surface area contributed by atoms with Crippen LogP contribution in [-0.4, -0.2) is 42.0 Å². The molecule has 2 aliphatic rings. The van der Waals surface area contributed by atoms with E-state index in [0.717, 1.165) is 12.8 Å². The number of hydrogen-bond acceptors (Lipinski definition) is 3. The van der Waals surface area contributed by atoms with Gasteiger partial charge in [0, 0.05) is 30.3 Å². The fourth-order valence-corrected chi connectivity index (χ4v) is 4.05. The van der Waals surface area contributed by atoms with Gasteiger partial charge in [-0.15, -0.1) is 11.6 Å². The summed E-state index contributed by atoms with van der Waals surface area (Å²) in [5.74, 6) is 0.566. The van der Waals surface area contributed by atoms with Gasteiger partial charge < -0.3 is 4.74 Å². The van der Waals surface area contributed by atoms with E-state index >= 15 is 0 Å². The van der Waals surface area contributed by atoms with Crippen LogP contribution in [0.5, 0.6) is 0 Å². The number of ether oxygens (including phenoxy) is 1. The average molecular weight is 294 g/mol. The third-order valence-corrected chi connectivity index (χ3v) is 5.17. The molecule has 2 bridgehead atoms. The molecule has 2 heterocycles. The van der Waals surface area contributed by atoms with Crippen molar-refractivity contribution in [1.29, 1.82) is 0 Å². The Kier molecular flexibility index (Phi) is 3.99. The molecule has 2 aliphatic heterocycles. The number of fused-ring (bicyclic) bond motifs is 2. The van der Waals surface area contributed by atoms with Crippen LogP contribution in [0.15, 0.2) is 30.3 Å². The maximum Gasteiger partial charge on any atom is 0.338 e. The smallest absolute Gasteiger partial charge is 0.338 e. The van der Waals surface area contributed by atoms with Gasteiger partial charge in [0.1, 0.15) is 6.10 Å². The minimum absolute atomic E-state index is 0.0473. The predicted octanol–water partition coefficient (Wildman–Crippen LogP) is 2.93. The van der Waals surface area contributed by atoms with E-state index in [4.69, 9.17) is 16.3 Å². The van der Waals surface area contributed by atoms with Gasteiger partial charge in [-0.25, -0.2) is 4.79 Å². The van der Waals surface area contributed by atoms with E-state index in [2.05, 4.69) is 11.9 Å². The maximum absolute atomic E-state index is 12.2. The second kappa shape index (κ2) is 5.74. The molecule has 0 radical (unpaired) electrons. The van der Waals surface area contributed by atoms with Crippen molar-refractivity contribution in [2.75, 3.05) is 12.9 Å². The Labute approximate surface area is 124 Å². The molecule has 4 unspecified atom stereocenters. The Hall–Kier alpha value is -1.06. The Morgan fingerprint density at radius 2 is 2.10 bits per heavy atom. The Morgan fingerprint density at radius 3 is 2.80 bits per heavy atom. The van der Waals surface area contributed by atoms with Crippen molar-refractivity contribution in [3.05, 3.63) is 35.9 Å². The molecule has 1 aromatic carbocycles. The van der Waals surface area contributed by atoms with Crippen LogP contribution in [0.2, 0.25) is 0 Å². The van der Waals surface area contributed by atoms with E-state index < -0.39 is 0 Å². The molecule has 3 nitrogen and oxygen atoms in total. The summed E-state index contributed by atoms with van der Waals surface area (Å²) in [6, 6.07) is 10.2. The molecule has 0 amide bonds. The van der Waals surface area contributed by atoms with Crippen molar-refractivity contribution in [2.45, 2.75) is 37.5 Å². The van der Waals surface area contributed by atoms with Gasteiger partial charge in [-0.3, -0.25) is 4.90 Å². The number of esters is 1. The number of piperidine rings is 1. The SMILES string of the molecule is CN1C2CCC1C(CCl)C(OC(=O)c1ccccc1)C2. The van der Waals surface area contributed by atoms with Gasteiger partial charge in [-0.2, -0.15) is 0 Å². The van der Waals surface area contributed by atoms with Crippen molar-refractivity contribution >= 4 is 17.6 Å². The first kappa shape index (κ1) is 13.9. The first-order valence-electron chi connectivity index (χ1n) is 7.24. The van der Waals surface area contributed by atoms with Crippen molar-refractivity contribution in [3.63, 3.8) is 0 Å². The molecule has 4 heteroatoms. The van der Waals surface area contributed by atoms with E-state index in [0.29, 0.717) is 23.5 Å². The van der Waals surface area contributed by atoms with Gasteiger partial charge in [0.25, 0.3) is 0 Å². The van der Waals surface area contributed by atoms with Crippen LogP contribution in [0.4, 0.5) is 0 Å². The minimum Gasteiger partial charge on any atom is -0.458 e. The lowest BCUT2D eigenvalue weighted by Gasteiger charge is -2.41. The lowest BCUT2D eigenvalue weighted by Crippen LogP contribution is -2.51. The number of halogens is 1. The van der Waals surface area contributed by atoms with Crippen LogP contribution in [0.3, 0.4) is 0 Å². The number of carbonyl (C=O) groups is 1. The zero-order chi connectivity index (χ0) is 14.1. The number of hydrogen-bond donors (Lipinski definition) is 0. The van der Waals surface area contributed by atoms with Gasteiger partial charge in [-0.1, -0.05) is 18.2 Å². The number of alkyl halides is 1. The highest BCUT2D eigenvalue weighted by Crippen LogP contribution is 2.40. The van der Waals surface area contributed by atoms with E-state index in [-0.39, 0.29) is 18.0 Å². The molecule has 1 aromatic rings. The molecule has 0 aliphatic carbocycles. The molecule has 2 saturated heterocycles. The van der Waals surface area contributed by atoms with Crippen LogP contribution < -0.4 is 0 Å². The molecule has 0 saturated carbocycles. The molecule has 108 valence electrons. The van der Waals surface area contributed by atoms with Crippen molar-refractivity contribution < 1.29 is 9.53 Å². The summed E-state index contributed by atoms with van der Waals surface area (Å²) in [4.78, 5) is 14.6. The number of nitrogens with zero attached hydrogens (tertiary/aromatic N) is 1. The van der Waals surface area contributed by atoms with E-state index in [1.165, 1.54) is 6.42 Å². The highest BCUT2D eigenvalue weighted by molar-refractivity contribution is 6.18. The van der Waals surface area contributed by atoms with Crippen LogP contribution >= 0.6 is 11.6 Å². The van der Waals surface area contributed by atoms with Crippen molar-refractivity contribution in [2.24, 2.45) is 5.92 Å². The fraction of sp³-hybridized carbons (Fsp3) is 0.562. The van der Waals surface area contributed by atoms with Crippen molar-refractivity contribution in [1.82, 2.24) is 4.90 Å². The third kappa shape index (κ3) is 2.45. The number of benzene rings is 1. The zero-order valence-corrected chi connectivity index (χ0v) is 12.4. The van der Waals surface area contributed by atoms with Gasteiger partial charge >= 0.3 is 5.97 Å². The predicted molar refractivity (Wildman–Crippen MR) is 79.0 cm³/mol. The van der Waals surface area contributed by atoms with Crippen LogP contribution in [0, 0.1) is 5.92 Å². The summed E-state index contributed by atoms with van der Waals surface area (Å²) in [6.45, 7) is 0. The molecule has 0 aromatic heterocycles. The molecule has 20 heavy (non-hydrogen) atoms. The minimum atomic E-state index is -0.227. The van der Waals surface area contributed by atoms with Gasteiger partial charge in [0.05, 0.1) is 5.56 Å². The average Bonchev–Trinajstić information content (AvgIpc) is 2.73. The fourth-order valence-electron chi connectivity index (χ4n) is 3.65. The summed E-state index contributed by atoms with van der Waals surface area (Å²) in [7, 11) is 2.16. The Bertz CT molecular complexity index is 479. The first-order chi connectivity index (χ1) is 9.70. The molecular formula is C16H20ClNO2. The second-order valence-corrected chi connectivity index (χ2v) is 6.14. The maximum atomic E-state index is 12.2. The summed E-state index contributed by atoms with van der Waals surface area (Å²) < 4.78 is 5.76. The quantitative estimate of drug-likeness (QED) is 0.634. The molecule has 4 atom stereocenters. The topological polar surface area (TPSA) is 29.5 Å². The monoisotopic (exact) mass is 293 g/mol. The highest BCUT2D eigenvalue weighted by Gasteiger charge is 2.46. The number of carbonyl (C=O) groups excluding carboxylic acids is 1.